The van der Waals surface area contributed by atoms with Crippen LogP contribution >= 0.6 is 7.14 Å². The molecule has 1 atom stereocenters. The van der Waals surface area contributed by atoms with Gasteiger partial charge in [-0.1, -0.05) is 42.5 Å². The van der Waals surface area contributed by atoms with Gasteiger partial charge in [0.05, 0.1) is 12.4 Å². The summed E-state index contributed by atoms with van der Waals surface area (Å²) in [6.45, 7) is 0. The molecule has 3 nitrogen and oxygen atoms in total. The van der Waals surface area contributed by atoms with E-state index >= 15 is 0 Å². The van der Waals surface area contributed by atoms with E-state index in [1.165, 1.54) is 0 Å². The Morgan fingerprint density at radius 3 is 2.00 bits per heavy atom. The Hall–Kier alpha value is -2.51. The Labute approximate surface area is 136 Å². The highest BCUT2D eigenvalue weighted by Gasteiger charge is 2.32. The van der Waals surface area contributed by atoms with Crippen molar-refractivity contribution in [3.05, 3.63) is 78.9 Å². The van der Waals surface area contributed by atoms with Gasteiger partial charge in [-0.3, -0.25) is 0 Å². The monoisotopic (exact) mass is 323 g/mol. The number of benzene rings is 3. The highest BCUT2D eigenvalue weighted by molar-refractivity contribution is 7.85. The average molecular weight is 323 g/mol. The second kappa shape index (κ2) is 6.31. The molecule has 0 heterocycles. The minimum absolute atomic E-state index is 0.622. The molecule has 1 unspecified atom stereocenters. The van der Waals surface area contributed by atoms with Crippen molar-refractivity contribution in [1.29, 1.82) is 0 Å². The van der Waals surface area contributed by atoms with Crippen LogP contribution in [0.4, 0.5) is 5.69 Å². The quantitative estimate of drug-likeness (QED) is 0.593. The van der Waals surface area contributed by atoms with Crippen LogP contribution in [-0.4, -0.2) is 7.11 Å². The molecule has 0 saturated carbocycles. The van der Waals surface area contributed by atoms with Gasteiger partial charge in [-0.05, 0) is 36.4 Å². The van der Waals surface area contributed by atoms with Gasteiger partial charge in [-0.15, -0.1) is 0 Å². The number of para-hydroxylation sites is 1. The first kappa shape index (κ1) is 15.4. The smallest absolute Gasteiger partial charge is 0.174 e. The molecule has 0 amide bonds. The van der Waals surface area contributed by atoms with Gasteiger partial charge >= 0.3 is 0 Å². The van der Waals surface area contributed by atoms with Crippen molar-refractivity contribution in [2.75, 3.05) is 12.8 Å². The fourth-order valence-electron chi connectivity index (χ4n) is 2.64. The molecule has 0 aliphatic rings. The SMILES string of the molecule is COc1ccccc1P(=O)(c1ccccc1)c1ccc(N)cc1. The summed E-state index contributed by atoms with van der Waals surface area (Å²) in [7, 11) is -1.44. The molecule has 2 N–H and O–H groups in total. The van der Waals surface area contributed by atoms with Gasteiger partial charge in [0, 0.05) is 16.3 Å². The molecular weight excluding hydrogens is 305 g/mol. The highest BCUT2D eigenvalue weighted by atomic mass is 31.2. The molecule has 3 rings (SSSR count). The number of hydrogen-bond donors (Lipinski definition) is 1. The summed E-state index contributed by atoms with van der Waals surface area (Å²) in [5, 5.41) is 2.20. The zero-order valence-electron chi connectivity index (χ0n) is 12.8. The minimum Gasteiger partial charge on any atom is -0.496 e. The van der Waals surface area contributed by atoms with E-state index < -0.39 is 7.14 Å². The van der Waals surface area contributed by atoms with E-state index in [2.05, 4.69) is 0 Å². The molecule has 4 heteroatoms. The average Bonchev–Trinajstić information content (AvgIpc) is 2.62. The predicted molar refractivity (Wildman–Crippen MR) is 96.8 cm³/mol. The van der Waals surface area contributed by atoms with E-state index in [1.807, 2.05) is 66.7 Å². The minimum atomic E-state index is -3.03. The lowest BCUT2D eigenvalue weighted by atomic mass is 10.3. The predicted octanol–water partition coefficient (Wildman–Crippen LogP) is 2.92. The van der Waals surface area contributed by atoms with Crippen molar-refractivity contribution in [1.82, 2.24) is 0 Å². The molecule has 0 fully saturated rings. The Morgan fingerprint density at radius 1 is 0.783 bits per heavy atom. The first-order valence-corrected chi connectivity index (χ1v) is 9.02. The third-order valence-corrected chi connectivity index (χ3v) is 6.90. The summed E-state index contributed by atoms with van der Waals surface area (Å²) < 4.78 is 19.6. The van der Waals surface area contributed by atoms with Gasteiger partial charge in [-0.2, -0.15) is 0 Å². The van der Waals surface area contributed by atoms with Crippen LogP contribution in [0.5, 0.6) is 5.75 Å². The second-order valence-electron chi connectivity index (χ2n) is 5.21. The topological polar surface area (TPSA) is 52.3 Å². The molecule has 0 aliphatic carbocycles. The summed E-state index contributed by atoms with van der Waals surface area (Å²) >= 11 is 0. The fraction of sp³-hybridized carbons (Fsp3) is 0.0526. The van der Waals surface area contributed by atoms with Crippen LogP contribution in [0.25, 0.3) is 0 Å². The molecule has 116 valence electrons. The fourth-order valence-corrected chi connectivity index (χ4v) is 5.43. The van der Waals surface area contributed by atoms with Gasteiger partial charge in [-0.25, -0.2) is 0 Å². The third-order valence-electron chi connectivity index (χ3n) is 3.80. The third kappa shape index (κ3) is 2.76. The molecule has 23 heavy (non-hydrogen) atoms. The molecule has 0 saturated heterocycles. The Bertz CT molecular complexity index is 845. The van der Waals surface area contributed by atoms with Gasteiger partial charge in [0.15, 0.2) is 7.14 Å². The van der Waals surface area contributed by atoms with Crippen LogP contribution < -0.4 is 26.4 Å². The van der Waals surface area contributed by atoms with Crippen molar-refractivity contribution in [3.63, 3.8) is 0 Å². The molecule has 0 aromatic heterocycles. The summed E-state index contributed by atoms with van der Waals surface area (Å²) in [6.07, 6.45) is 0. The van der Waals surface area contributed by atoms with Gasteiger partial charge < -0.3 is 15.0 Å². The van der Waals surface area contributed by atoms with Crippen LogP contribution in [-0.2, 0) is 4.57 Å². The highest BCUT2D eigenvalue weighted by Crippen LogP contribution is 2.45. The Balaban J connectivity index is 2.31. The van der Waals surface area contributed by atoms with Crippen LogP contribution in [0.3, 0.4) is 0 Å². The maximum absolute atomic E-state index is 14.2. The lowest BCUT2D eigenvalue weighted by molar-refractivity contribution is 0.418. The molecule has 0 bridgehead atoms. The number of ether oxygens (including phenoxy) is 1. The van der Waals surface area contributed by atoms with E-state index in [9.17, 15) is 4.57 Å². The molecule has 0 spiro atoms. The number of methoxy groups -OCH3 is 1. The number of nitrogens with two attached hydrogens (primary N) is 1. The molecule has 3 aromatic rings. The maximum atomic E-state index is 14.2. The zero-order valence-corrected chi connectivity index (χ0v) is 13.7. The van der Waals surface area contributed by atoms with E-state index in [1.54, 1.807) is 19.2 Å². The Morgan fingerprint density at radius 2 is 1.35 bits per heavy atom. The van der Waals surface area contributed by atoms with Crippen molar-refractivity contribution < 1.29 is 9.30 Å². The zero-order chi connectivity index (χ0) is 16.3. The maximum Gasteiger partial charge on any atom is 0.174 e. The lowest BCUT2D eigenvalue weighted by Gasteiger charge is -2.22. The van der Waals surface area contributed by atoms with Crippen LogP contribution in [0.1, 0.15) is 0 Å². The van der Waals surface area contributed by atoms with Crippen LogP contribution in [0, 0.1) is 0 Å². The first-order chi connectivity index (χ1) is 11.2. The molecular formula is C19H18NO2P. The van der Waals surface area contributed by atoms with Gasteiger partial charge in [0.2, 0.25) is 0 Å². The standard InChI is InChI=1S/C19H18NO2P/c1-22-18-9-5-6-10-19(18)23(21,16-7-3-2-4-8-16)17-13-11-15(20)12-14-17/h2-14H,20H2,1H3. The first-order valence-electron chi connectivity index (χ1n) is 7.31. The van der Waals surface area contributed by atoms with Crippen molar-refractivity contribution in [2.24, 2.45) is 0 Å². The van der Waals surface area contributed by atoms with Crippen molar-refractivity contribution in [3.8, 4) is 5.75 Å². The van der Waals surface area contributed by atoms with E-state index in [0.29, 0.717) is 16.7 Å². The number of rotatable bonds is 4. The number of hydrogen-bond acceptors (Lipinski definition) is 3. The molecule has 0 aliphatic heterocycles. The van der Waals surface area contributed by atoms with E-state index in [0.717, 1.165) is 10.6 Å². The molecule has 3 aromatic carbocycles. The summed E-state index contributed by atoms with van der Waals surface area (Å²) in [5.41, 5.74) is 6.44. The van der Waals surface area contributed by atoms with Gasteiger partial charge in [0.1, 0.15) is 5.75 Å². The number of nitrogen functional groups attached to an aromatic ring is 1. The lowest BCUT2D eigenvalue weighted by Crippen LogP contribution is -2.26. The summed E-state index contributed by atoms with van der Waals surface area (Å²) in [6, 6.07) is 24.2. The second-order valence-corrected chi connectivity index (χ2v) is 7.94. The van der Waals surface area contributed by atoms with Gasteiger partial charge in [0.25, 0.3) is 0 Å². The molecule has 0 radical (unpaired) electrons. The largest absolute Gasteiger partial charge is 0.496 e. The van der Waals surface area contributed by atoms with E-state index in [-0.39, 0.29) is 0 Å². The van der Waals surface area contributed by atoms with Crippen LogP contribution in [0.2, 0.25) is 0 Å². The summed E-state index contributed by atoms with van der Waals surface area (Å²) in [4.78, 5) is 0. The normalized spacial score (nSPS) is 13.3. The Kier molecular flexibility index (Phi) is 4.22. The summed E-state index contributed by atoms with van der Waals surface area (Å²) in [5.74, 6) is 0.622. The van der Waals surface area contributed by atoms with Crippen LogP contribution in [0.15, 0.2) is 78.9 Å². The number of anilines is 1. The van der Waals surface area contributed by atoms with Crippen molar-refractivity contribution >= 4 is 28.7 Å². The van der Waals surface area contributed by atoms with E-state index in [4.69, 9.17) is 10.5 Å². The van der Waals surface area contributed by atoms with Crippen molar-refractivity contribution in [2.45, 2.75) is 0 Å².